The zero-order chi connectivity index (χ0) is 29.3. The fourth-order valence-corrected chi connectivity index (χ4v) is 5.76. The van der Waals surface area contributed by atoms with E-state index in [2.05, 4.69) is 41.4 Å². The van der Waals surface area contributed by atoms with Crippen molar-refractivity contribution in [3.63, 3.8) is 0 Å². The standard InChI is InChI=1S/C23H16BrF5N8O2S/c1-7-4-12(23(27,28)29)37-20(31-7)14(24)16(35-37)21(39)33-15-13-9(10-6-36(3)34-8(10)2)5-11(18(25)26)32-22(13)40-17(15)19(30)38/h4-6,18H,1-3H3,(H2,30,38)(H,33,39). The number of primary amides is 1. The SMILES string of the molecule is Cc1cc(C(F)(F)F)n2nc(C(=O)Nc3c(C(N)=O)sc4nc(C(F)F)cc(-c5cn(C)nc5C)c34)c(Br)c2n1. The number of carbonyl (C=O) groups excluding carboxylic acids is 2. The molecular formula is C23H16BrF5N8O2S. The number of pyridine rings is 1. The van der Waals surface area contributed by atoms with Crippen LogP contribution in [0.15, 0.2) is 22.8 Å². The molecule has 40 heavy (non-hydrogen) atoms. The third-order valence-corrected chi connectivity index (χ3v) is 7.67. The molecule has 0 unspecified atom stereocenters. The van der Waals surface area contributed by atoms with Crippen molar-refractivity contribution in [1.29, 1.82) is 0 Å². The van der Waals surface area contributed by atoms with Crippen LogP contribution < -0.4 is 11.1 Å². The van der Waals surface area contributed by atoms with Crippen molar-refractivity contribution in [1.82, 2.24) is 29.4 Å². The first kappa shape index (κ1) is 27.6. The molecule has 0 aliphatic rings. The largest absolute Gasteiger partial charge is 0.433 e. The predicted octanol–water partition coefficient (Wildman–Crippen LogP) is 5.43. The number of halogens is 6. The van der Waals surface area contributed by atoms with Crippen LogP contribution in [0.1, 0.15) is 49.4 Å². The molecule has 0 saturated heterocycles. The second-order valence-electron chi connectivity index (χ2n) is 8.68. The molecule has 10 nitrogen and oxygen atoms in total. The Kier molecular flexibility index (Phi) is 6.60. The molecule has 0 spiro atoms. The summed E-state index contributed by atoms with van der Waals surface area (Å²) in [5, 5.41) is 10.7. The average Bonchev–Trinajstić information content (AvgIpc) is 3.50. The number of amides is 2. The van der Waals surface area contributed by atoms with Gasteiger partial charge < -0.3 is 11.1 Å². The fraction of sp³-hybridized carbons (Fsp3) is 0.217. The van der Waals surface area contributed by atoms with Gasteiger partial charge in [0, 0.05) is 29.9 Å². The van der Waals surface area contributed by atoms with Gasteiger partial charge in [-0.3, -0.25) is 14.3 Å². The van der Waals surface area contributed by atoms with Crippen LogP contribution in [0, 0.1) is 13.8 Å². The normalized spacial score (nSPS) is 12.2. The van der Waals surface area contributed by atoms with Crippen LogP contribution in [0.4, 0.5) is 27.6 Å². The zero-order valence-electron chi connectivity index (χ0n) is 20.6. The number of nitrogens with zero attached hydrogens (tertiary/aromatic N) is 6. The molecule has 17 heteroatoms. The van der Waals surface area contributed by atoms with Gasteiger partial charge in [0.2, 0.25) is 0 Å². The lowest BCUT2D eigenvalue weighted by atomic mass is 10.0. The fourth-order valence-electron chi connectivity index (χ4n) is 4.23. The van der Waals surface area contributed by atoms with Crippen molar-refractivity contribution in [3.05, 3.63) is 56.1 Å². The predicted molar refractivity (Wildman–Crippen MR) is 138 cm³/mol. The number of nitrogens with one attached hydrogen (secondary N) is 1. The highest BCUT2D eigenvalue weighted by molar-refractivity contribution is 9.10. The van der Waals surface area contributed by atoms with Crippen LogP contribution in [0.5, 0.6) is 0 Å². The molecule has 0 bridgehead atoms. The molecule has 3 N–H and O–H groups in total. The molecule has 0 aliphatic heterocycles. The van der Waals surface area contributed by atoms with Crippen molar-refractivity contribution in [2.75, 3.05) is 5.32 Å². The van der Waals surface area contributed by atoms with Gasteiger partial charge in [-0.05, 0) is 47.5 Å². The van der Waals surface area contributed by atoms with Crippen molar-refractivity contribution >= 4 is 60.6 Å². The van der Waals surface area contributed by atoms with Gasteiger partial charge in [0.25, 0.3) is 18.2 Å². The summed E-state index contributed by atoms with van der Waals surface area (Å²) in [7, 11) is 1.62. The summed E-state index contributed by atoms with van der Waals surface area (Å²) in [6.07, 6.45) is -6.19. The molecule has 5 heterocycles. The van der Waals surface area contributed by atoms with Crippen LogP contribution in [-0.4, -0.2) is 41.2 Å². The summed E-state index contributed by atoms with van der Waals surface area (Å²) in [4.78, 5) is 33.6. The molecule has 0 aromatic carbocycles. The number of alkyl halides is 5. The number of hydrogen-bond donors (Lipinski definition) is 2. The van der Waals surface area contributed by atoms with E-state index in [1.165, 1.54) is 11.6 Å². The van der Waals surface area contributed by atoms with E-state index < -0.39 is 41.5 Å². The molecular weight excluding hydrogens is 627 g/mol. The summed E-state index contributed by atoms with van der Waals surface area (Å²) in [5.41, 5.74) is 4.02. The maximum atomic E-state index is 13.7. The summed E-state index contributed by atoms with van der Waals surface area (Å²) < 4.78 is 70.3. The van der Waals surface area contributed by atoms with E-state index in [-0.39, 0.29) is 42.2 Å². The Hall–Kier alpha value is -3.99. The minimum Gasteiger partial charge on any atom is -0.365 e. The quantitative estimate of drug-likeness (QED) is 0.246. The minimum atomic E-state index is -4.81. The number of hydrogen-bond acceptors (Lipinski definition) is 7. The monoisotopic (exact) mass is 642 g/mol. The Bertz CT molecular complexity index is 1860. The second kappa shape index (κ2) is 9.58. The third kappa shape index (κ3) is 4.57. The third-order valence-electron chi connectivity index (χ3n) is 5.84. The zero-order valence-corrected chi connectivity index (χ0v) is 23.0. The molecule has 208 valence electrons. The van der Waals surface area contributed by atoms with Gasteiger partial charge in [-0.15, -0.1) is 11.3 Å². The van der Waals surface area contributed by atoms with Gasteiger partial charge in [-0.1, -0.05) is 0 Å². The molecule has 0 fully saturated rings. The number of carbonyl (C=O) groups is 2. The lowest BCUT2D eigenvalue weighted by Crippen LogP contribution is -2.18. The Labute approximate surface area is 233 Å². The van der Waals surface area contributed by atoms with Gasteiger partial charge in [0.15, 0.2) is 11.3 Å². The number of nitrogens with two attached hydrogens (primary N) is 1. The van der Waals surface area contributed by atoms with Gasteiger partial charge in [0.1, 0.15) is 21.1 Å². The Morgan fingerprint density at radius 1 is 1.12 bits per heavy atom. The number of aromatic nitrogens is 6. The van der Waals surface area contributed by atoms with Crippen molar-refractivity contribution < 1.29 is 31.5 Å². The lowest BCUT2D eigenvalue weighted by molar-refractivity contribution is -0.142. The topological polar surface area (TPSA) is 133 Å². The van der Waals surface area contributed by atoms with E-state index in [1.807, 2.05) is 0 Å². The number of aryl methyl sites for hydroxylation is 3. The molecule has 0 aliphatic carbocycles. The number of thiophene rings is 1. The van der Waals surface area contributed by atoms with Gasteiger partial charge >= 0.3 is 6.18 Å². The average molecular weight is 643 g/mol. The van der Waals surface area contributed by atoms with Gasteiger partial charge in [-0.2, -0.15) is 23.4 Å². The van der Waals surface area contributed by atoms with Crippen molar-refractivity contribution in [2.24, 2.45) is 12.8 Å². The molecule has 5 aromatic heterocycles. The molecule has 0 radical (unpaired) electrons. The lowest BCUT2D eigenvalue weighted by Gasteiger charge is -2.10. The summed E-state index contributed by atoms with van der Waals surface area (Å²) >= 11 is 3.79. The summed E-state index contributed by atoms with van der Waals surface area (Å²) in [6.45, 7) is 3.00. The van der Waals surface area contributed by atoms with Gasteiger partial charge in [0.05, 0.1) is 15.9 Å². The molecule has 5 aromatic rings. The summed E-state index contributed by atoms with van der Waals surface area (Å²) in [6, 6.07) is 1.90. The molecule has 0 saturated carbocycles. The second-order valence-corrected chi connectivity index (χ2v) is 10.5. The van der Waals surface area contributed by atoms with E-state index in [9.17, 15) is 31.5 Å². The van der Waals surface area contributed by atoms with Crippen molar-refractivity contribution in [2.45, 2.75) is 26.4 Å². The Morgan fingerprint density at radius 3 is 2.40 bits per heavy atom. The van der Waals surface area contributed by atoms with E-state index in [0.717, 1.165) is 12.1 Å². The van der Waals surface area contributed by atoms with Gasteiger partial charge in [-0.25, -0.2) is 23.3 Å². The van der Waals surface area contributed by atoms with Crippen LogP contribution >= 0.6 is 27.3 Å². The Balaban J connectivity index is 1.73. The molecule has 2 amide bonds. The smallest absolute Gasteiger partial charge is 0.365 e. The molecule has 5 rings (SSSR count). The van der Waals surface area contributed by atoms with Crippen LogP contribution in [0.2, 0.25) is 0 Å². The molecule has 0 atom stereocenters. The van der Waals surface area contributed by atoms with Crippen LogP contribution in [0.3, 0.4) is 0 Å². The minimum absolute atomic E-state index is 0.0223. The number of fused-ring (bicyclic) bond motifs is 2. The first-order valence-corrected chi connectivity index (χ1v) is 12.8. The van der Waals surface area contributed by atoms with Crippen LogP contribution in [0.25, 0.3) is 27.0 Å². The number of anilines is 1. The van der Waals surface area contributed by atoms with E-state index >= 15 is 0 Å². The van der Waals surface area contributed by atoms with E-state index in [4.69, 9.17) is 5.73 Å². The first-order valence-electron chi connectivity index (χ1n) is 11.2. The highest BCUT2D eigenvalue weighted by Gasteiger charge is 2.36. The highest BCUT2D eigenvalue weighted by Crippen LogP contribution is 2.43. The summed E-state index contributed by atoms with van der Waals surface area (Å²) in [5.74, 6) is -2.01. The van der Waals surface area contributed by atoms with Crippen LogP contribution in [-0.2, 0) is 13.2 Å². The first-order chi connectivity index (χ1) is 18.7. The van der Waals surface area contributed by atoms with Crippen molar-refractivity contribution in [3.8, 4) is 11.1 Å². The Morgan fingerprint density at radius 2 is 1.82 bits per heavy atom. The number of rotatable bonds is 5. The van der Waals surface area contributed by atoms with E-state index in [1.54, 1.807) is 20.2 Å². The highest BCUT2D eigenvalue weighted by atomic mass is 79.9. The van der Waals surface area contributed by atoms with E-state index in [0.29, 0.717) is 27.1 Å². The maximum Gasteiger partial charge on any atom is 0.433 e. The maximum absolute atomic E-state index is 13.7.